The maximum Gasteiger partial charge on any atom is 0.345 e. The smallest absolute Gasteiger partial charge is 0.345 e. The molecule has 0 spiro atoms. The molecule has 5 nitrogen and oxygen atoms in total. The second-order valence-corrected chi connectivity index (χ2v) is 7.22. The van der Waals surface area contributed by atoms with E-state index >= 15 is 0 Å². The number of rotatable bonds is 4. The maximum atomic E-state index is 12.2. The van der Waals surface area contributed by atoms with Crippen molar-refractivity contribution >= 4 is 49.6 Å². The summed E-state index contributed by atoms with van der Waals surface area (Å²) in [5.74, 6) is 0. The Kier molecular flexibility index (Phi) is 4.64. The van der Waals surface area contributed by atoms with Crippen molar-refractivity contribution in [1.29, 1.82) is 0 Å². The van der Waals surface area contributed by atoms with Crippen LogP contribution in [0.25, 0.3) is 22.2 Å². The van der Waals surface area contributed by atoms with Gasteiger partial charge in [0.1, 0.15) is 5.58 Å². The van der Waals surface area contributed by atoms with Crippen LogP contribution in [0.5, 0.6) is 0 Å². The summed E-state index contributed by atoms with van der Waals surface area (Å²) in [5.41, 5.74) is 5.00. The first-order valence-electron chi connectivity index (χ1n) is 7.72. The van der Waals surface area contributed by atoms with Crippen LogP contribution in [0.2, 0.25) is 0 Å². The number of anilines is 1. The Labute approximate surface area is 161 Å². The van der Waals surface area contributed by atoms with Gasteiger partial charge in [0.15, 0.2) is 0 Å². The lowest BCUT2D eigenvalue weighted by atomic mass is 10.1. The third-order valence-electron chi connectivity index (χ3n) is 3.64. The fraction of sp³-hybridized carbons (Fsp3) is 0. The summed E-state index contributed by atoms with van der Waals surface area (Å²) in [6, 6.07) is 17.0. The van der Waals surface area contributed by atoms with Crippen molar-refractivity contribution < 1.29 is 4.42 Å². The van der Waals surface area contributed by atoms with Gasteiger partial charge in [-0.3, -0.25) is 5.43 Å². The zero-order valence-corrected chi connectivity index (χ0v) is 15.8. The lowest BCUT2D eigenvalue weighted by Gasteiger charge is -1.99. The molecule has 128 valence electrons. The van der Waals surface area contributed by atoms with Crippen LogP contribution < -0.4 is 11.1 Å². The van der Waals surface area contributed by atoms with Gasteiger partial charge in [-0.1, -0.05) is 46.3 Å². The van der Waals surface area contributed by atoms with E-state index in [0.29, 0.717) is 22.0 Å². The molecule has 26 heavy (non-hydrogen) atoms. The molecular weight excluding hydrogens is 414 g/mol. The average Bonchev–Trinajstić information content (AvgIpc) is 3.10. The van der Waals surface area contributed by atoms with Crippen molar-refractivity contribution in [3.63, 3.8) is 0 Å². The minimum Gasteiger partial charge on any atom is -0.422 e. The van der Waals surface area contributed by atoms with Crippen molar-refractivity contribution in [2.75, 3.05) is 5.43 Å². The predicted octanol–water partition coefficient (Wildman–Crippen LogP) is 5.13. The summed E-state index contributed by atoms with van der Waals surface area (Å²) < 4.78 is 6.35. The molecule has 0 aliphatic heterocycles. The molecular formula is C19H12BrN3O2S. The molecule has 0 aliphatic rings. The fourth-order valence-corrected chi connectivity index (χ4v) is 3.51. The minimum atomic E-state index is -0.404. The summed E-state index contributed by atoms with van der Waals surface area (Å²) in [7, 11) is 0. The van der Waals surface area contributed by atoms with Crippen molar-refractivity contribution in [2.45, 2.75) is 0 Å². The number of hydrogen-bond donors (Lipinski definition) is 1. The molecule has 2 aromatic heterocycles. The van der Waals surface area contributed by atoms with Gasteiger partial charge in [-0.15, -0.1) is 11.3 Å². The summed E-state index contributed by atoms with van der Waals surface area (Å²) in [6.45, 7) is 0. The molecule has 1 N–H and O–H groups in total. The van der Waals surface area contributed by atoms with Crippen molar-refractivity contribution in [1.82, 2.24) is 4.98 Å². The van der Waals surface area contributed by atoms with Crippen LogP contribution in [0.4, 0.5) is 5.13 Å². The molecule has 0 saturated heterocycles. The van der Waals surface area contributed by atoms with E-state index in [1.54, 1.807) is 23.7 Å². The van der Waals surface area contributed by atoms with E-state index in [1.807, 2.05) is 42.5 Å². The third kappa shape index (κ3) is 3.58. The Morgan fingerprint density at radius 3 is 2.92 bits per heavy atom. The van der Waals surface area contributed by atoms with E-state index in [9.17, 15) is 4.79 Å². The number of nitrogens with one attached hydrogen (secondary N) is 1. The summed E-state index contributed by atoms with van der Waals surface area (Å²) in [6.07, 6.45) is 1.70. The van der Waals surface area contributed by atoms with Gasteiger partial charge in [-0.05, 0) is 29.8 Å². The highest BCUT2D eigenvalue weighted by molar-refractivity contribution is 9.10. The van der Waals surface area contributed by atoms with Gasteiger partial charge in [0.2, 0.25) is 5.13 Å². The summed E-state index contributed by atoms with van der Waals surface area (Å²) in [5, 5.41) is 7.44. The number of fused-ring (bicyclic) bond motifs is 1. The first-order chi connectivity index (χ1) is 12.7. The molecule has 7 heteroatoms. The van der Waals surface area contributed by atoms with E-state index in [0.717, 1.165) is 15.4 Å². The first kappa shape index (κ1) is 16.7. The Bertz CT molecular complexity index is 1170. The first-order valence-corrected chi connectivity index (χ1v) is 9.40. The van der Waals surface area contributed by atoms with Crippen LogP contribution in [0.3, 0.4) is 0 Å². The Morgan fingerprint density at radius 1 is 1.15 bits per heavy atom. The predicted molar refractivity (Wildman–Crippen MR) is 109 cm³/mol. The van der Waals surface area contributed by atoms with Crippen LogP contribution in [0.15, 0.2) is 78.8 Å². The second-order valence-electron chi connectivity index (χ2n) is 5.45. The summed E-state index contributed by atoms with van der Waals surface area (Å²) >= 11 is 4.79. The molecule has 2 aromatic carbocycles. The van der Waals surface area contributed by atoms with Crippen LogP contribution in [-0.4, -0.2) is 11.2 Å². The molecule has 0 unspecified atom stereocenters. The minimum absolute atomic E-state index is 0.404. The Hall–Kier alpha value is -2.77. The van der Waals surface area contributed by atoms with Gasteiger partial charge in [0.05, 0.1) is 17.5 Å². The number of hydrogen-bond acceptors (Lipinski definition) is 6. The number of thiazole rings is 1. The SMILES string of the molecule is O=c1oc2ccccc2cc1-c1csc(NN=Cc2cccc(Br)c2)n1. The Balaban J connectivity index is 1.56. The lowest BCUT2D eigenvalue weighted by molar-refractivity contribution is 0.563. The molecule has 0 aliphatic carbocycles. The lowest BCUT2D eigenvalue weighted by Crippen LogP contribution is -2.02. The fourth-order valence-electron chi connectivity index (χ4n) is 2.44. The van der Waals surface area contributed by atoms with Crippen molar-refractivity contribution in [3.8, 4) is 11.3 Å². The van der Waals surface area contributed by atoms with E-state index in [4.69, 9.17) is 4.42 Å². The topological polar surface area (TPSA) is 67.5 Å². The van der Waals surface area contributed by atoms with Gasteiger partial charge >= 0.3 is 5.63 Å². The summed E-state index contributed by atoms with van der Waals surface area (Å²) in [4.78, 5) is 16.6. The standard InChI is InChI=1S/C19H12BrN3O2S/c20-14-6-3-4-12(8-14)10-21-23-19-22-16(11-26-19)15-9-13-5-1-2-7-17(13)25-18(15)24/h1-11H,(H,22,23). The molecule has 4 rings (SSSR count). The molecule has 2 heterocycles. The number of hydrazone groups is 1. The largest absolute Gasteiger partial charge is 0.422 e. The highest BCUT2D eigenvalue weighted by Gasteiger charge is 2.11. The van der Waals surface area contributed by atoms with Gasteiger partial charge in [-0.25, -0.2) is 9.78 Å². The maximum absolute atomic E-state index is 12.2. The molecule has 0 saturated carbocycles. The average molecular weight is 426 g/mol. The van der Waals surface area contributed by atoms with Gasteiger partial charge < -0.3 is 4.42 Å². The molecule has 0 radical (unpaired) electrons. The molecule has 0 atom stereocenters. The van der Waals surface area contributed by atoms with E-state index in [2.05, 4.69) is 31.4 Å². The van der Waals surface area contributed by atoms with Crippen molar-refractivity contribution in [2.24, 2.45) is 5.10 Å². The molecule has 0 amide bonds. The van der Waals surface area contributed by atoms with E-state index < -0.39 is 5.63 Å². The quantitative estimate of drug-likeness (QED) is 0.279. The van der Waals surface area contributed by atoms with Gasteiger partial charge in [0.25, 0.3) is 0 Å². The van der Waals surface area contributed by atoms with Crippen LogP contribution in [0, 0.1) is 0 Å². The van der Waals surface area contributed by atoms with E-state index in [1.165, 1.54) is 11.3 Å². The normalized spacial score (nSPS) is 11.3. The number of benzene rings is 2. The molecule has 4 aromatic rings. The highest BCUT2D eigenvalue weighted by atomic mass is 79.9. The zero-order valence-electron chi connectivity index (χ0n) is 13.3. The number of nitrogens with zero attached hydrogens (tertiary/aromatic N) is 2. The second kappa shape index (κ2) is 7.23. The Morgan fingerprint density at radius 2 is 2.04 bits per heavy atom. The zero-order chi connectivity index (χ0) is 17.9. The third-order valence-corrected chi connectivity index (χ3v) is 4.88. The van der Waals surface area contributed by atoms with Gasteiger partial charge in [0, 0.05) is 15.2 Å². The number of para-hydroxylation sites is 1. The monoisotopic (exact) mass is 425 g/mol. The van der Waals surface area contributed by atoms with Crippen molar-refractivity contribution in [3.05, 3.63) is 80.4 Å². The molecule has 0 bridgehead atoms. The van der Waals surface area contributed by atoms with Crippen LogP contribution >= 0.6 is 27.3 Å². The highest BCUT2D eigenvalue weighted by Crippen LogP contribution is 2.25. The van der Waals surface area contributed by atoms with Gasteiger partial charge in [-0.2, -0.15) is 5.10 Å². The van der Waals surface area contributed by atoms with Crippen LogP contribution in [0.1, 0.15) is 5.56 Å². The number of aromatic nitrogens is 1. The van der Waals surface area contributed by atoms with Crippen LogP contribution in [-0.2, 0) is 0 Å². The van der Waals surface area contributed by atoms with E-state index in [-0.39, 0.29) is 0 Å². The number of halogens is 1. The molecule has 0 fully saturated rings.